The monoisotopic (exact) mass is 112 g/mol. The summed E-state index contributed by atoms with van der Waals surface area (Å²) in [5, 5.41) is 0. The number of carbonyl (C=O) groups is 1. The normalized spacial score (nSPS) is 18.6. The van der Waals surface area contributed by atoms with Crippen LogP contribution in [0.5, 0.6) is 0 Å². The Labute approximate surface area is 47.7 Å². The van der Waals surface area contributed by atoms with Gasteiger partial charge in [-0.1, -0.05) is 6.08 Å². The molecule has 0 spiro atoms. The lowest BCUT2D eigenvalue weighted by Gasteiger charge is -2.11. The van der Waals surface area contributed by atoms with Gasteiger partial charge in [0.15, 0.2) is 0 Å². The van der Waals surface area contributed by atoms with E-state index in [0.717, 1.165) is 5.70 Å². The number of hydrogen-bond acceptors (Lipinski definition) is 2. The van der Waals surface area contributed by atoms with Crippen molar-refractivity contribution in [3.63, 3.8) is 0 Å². The van der Waals surface area contributed by atoms with Crippen molar-refractivity contribution in [3.8, 4) is 0 Å². The first-order valence-electron chi connectivity index (χ1n) is 2.50. The maximum absolute atomic E-state index is 10.4. The van der Waals surface area contributed by atoms with Crippen LogP contribution >= 0.6 is 0 Å². The van der Waals surface area contributed by atoms with Crippen molar-refractivity contribution in [2.75, 3.05) is 0 Å². The molecule has 1 aliphatic rings. The zero-order chi connectivity index (χ0) is 5.98. The summed E-state index contributed by atoms with van der Waals surface area (Å²) in [7, 11) is 0. The molecule has 0 atom stereocenters. The Morgan fingerprint density at radius 2 is 2.38 bits per heavy atom. The van der Waals surface area contributed by atoms with Gasteiger partial charge in [-0.2, -0.15) is 0 Å². The summed E-state index contributed by atoms with van der Waals surface area (Å²) in [4.78, 5) is 10.4. The first-order chi connectivity index (χ1) is 3.79. The van der Waals surface area contributed by atoms with Gasteiger partial charge in [-0.25, -0.2) is 0 Å². The quantitative estimate of drug-likeness (QED) is 0.460. The molecule has 0 aromatic rings. The molecule has 0 aliphatic carbocycles. The van der Waals surface area contributed by atoms with Gasteiger partial charge in [0.1, 0.15) is 0 Å². The summed E-state index contributed by atoms with van der Waals surface area (Å²) in [6.07, 6.45) is 2.34. The predicted octanol–water partition coefficient (Wildman–Crippen LogP) is -0.0853. The van der Waals surface area contributed by atoms with Crippen LogP contribution in [0.25, 0.3) is 0 Å². The van der Waals surface area contributed by atoms with E-state index < -0.39 is 0 Å². The minimum atomic E-state index is 0.0237. The summed E-state index contributed by atoms with van der Waals surface area (Å²) in [6, 6.07) is 0. The smallest absolute Gasteiger partial charge is 0.242 e. The average Bonchev–Trinajstić information content (AvgIpc) is 1.77. The summed E-state index contributed by atoms with van der Waals surface area (Å²) in [6.45, 7) is 1.90. The molecule has 0 bridgehead atoms. The first-order valence-corrected chi connectivity index (χ1v) is 2.50. The summed E-state index contributed by atoms with van der Waals surface area (Å²) in [5.41, 5.74) is 6.17. The van der Waals surface area contributed by atoms with Crippen molar-refractivity contribution in [1.82, 2.24) is 10.9 Å². The molecule has 1 rings (SSSR count). The van der Waals surface area contributed by atoms with Crippen LogP contribution in [-0.4, -0.2) is 5.91 Å². The molecular formula is C5H8N2O. The van der Waals surface area contributed by atoms with Crippen LogP contribution < -0.4 is 10.9 Å². The highest BCUT2D eigenvalue weighted by atomic mass is 16.2. The molecule has 8 heavy (non-hydrogen) atoms. The number of rotatable bonds is 0. The predicted molar refractivity (Wildman–Crippen MR) is 29.7 cm³/mol. The molecule has 3 nitrogen and oxygen atoms in total. The highest BCUT2D eigenvalue weighted by Crippen LogP contribution is 1.93. The fourth-order valence-electron chi connectivity index (χ4n) is 0.516. The van der Waals surface area contributed by atoms with E-state index in [9.17, 15) is 4.79 Å². The number of nitrogens with one attached hydrogen (secondary N) is 2. The largest absolute Gasteiger partial charge is 0.303 e. The van der Waals surface area contributed by atoms with Crippen LogP contribution in [0, 0.1) is 0 Å². The van der Waals surface area contributed by atoms with Gasteiger partial charge in [0.25, 0.3) is 0 Å². The van der Waals surface area contributed by atoms with Crippen LogP contribution in [0.4, 0.5) is 0 Å². The van der Waals surface area contributed by atoms with Gasteiger partial charge in [-0.05, 0) is 6.92 Å². The SMILES string of the molecule is CC1=CCC(=O)NN1. The molecular weight excluding hydrogens is 104 g/mol. The number of allylic oxidation sites excluding steroid dienone is 1. The van der Waals surface area contributed by atoms with E-state index in [1.807, 2.05) is 13.0 Å². The molecule has 0 saturated heterocycles. The second-order valence-electron chi connectivity index (χ2n) is 1.76. The Balaban J connectivity index is 2.55. The molecule has 0 radical (unpaired) electrons. The zero-order valence-electron chi connectivity index (χ0n) is 4.69. The molecule has 3 heteroatoms. The highest BCUT2D eigenvalue weighted by molar-refractivity contribution is 5.78. The van der Waals surface area contributed by atoms with Crippen molar-refractivity contribution in [3.05, 3.63) is 11.8 Å². The second kappa shape index (κ2) is 1.86. The fraction of sp³-hybridized carbons (Fsp3) is 0.400. The maximum atomic E-state index is 10.4. The molecule has 0 saturated carbocycles. The lowest BCUT2D eigenvalue weighted by molar-refractivity contribution is -0.121. The molecule has 44 valence electrons. The van der Waals surface area contributed by atoms with E-state index in [0.29, 0.717) is 6.42 Å². The van der Waals surface area contributed by atoms with E-state index >= 15 is 0 Å². The first kappa shape index (κ1) is 5.15. The lowest BCUT2D eigenvalue weighted by atomic mass is 10.3. The van der Waals surface area contributed by atoms with E-state index in [1.165, 1.54) is 0 Å². The Morgan fingerprint density at radius 3 is 2.75 bits per heavy atom. The summed E-state index contributed by atoms with van der Waals surface area (Å²) in [5.74, 6) is 0.0237. The van der Waals surface area contributed by atoms with Crippen molar-refractivity contribution in [2.45, 2.75) is 13.3 Å². The zero-order valence-corrected chi connectivity index (χ0v) is 4.69. The van der Waals surface area contributed by atoms with Crippen LogP contribution in [-0.2, 0) is 4.79 Å². The topological polar surface area (TPSA) is 41.1 Å². The molecule has 2 N–H and O–H groups in total. The van der Waals surface area contributed by atoms with Crippen LogP contribution in [0.2, 0.25) is 0 Å². The molecule has 0 unspecified atom stereocenters. The highest BCUT2D eigenvalue weighted by Gasteiger charge is 2.02. The van der Waals surface area contributed by atoms with Crippen LogP contribution in [0.3, 0.4) is 0 Å². The van der Waals surface area contributed by atoms with Gasteiger partial charge in [0.05, 0.1) is 0 Å². The third-order valence-electron chi connectivity index (χ3n) is 0.993. The minimum absolute atomic E-state index is 0.0237. The molecule has 0 aromatic heterocycles. The van der Waals surface area contributed by atoms with Crippen LogP contribution in [0.1, 0.15) is 13.3 Å². The number of amides is 1. The van der Waals surface area contributed by atoms with Gasteiger partial charge < -0.3 is 5.43 Å². The van der Waals surface area contributed by atoms with E-state index in [1.54, 1.807) is 0 Å². The molecule has 1 heterocycles. The molecule has 1 amide bonds. The van der Waals surface area contributed by atoms with Gasteiger partial charge in [-0.15, -0.1) is 0 Å². The van der Waals surface area contributed by atoms with Crippen molar-refractivity contribution < 1.29 is 4.79 Å². The van der Waals surface area contributed by atoms with Gasteiger partial charge in [0.2, 0.25) is 5.91 Å². The Bertz CT molecular complexity index is 139. The minimum Gasteiger partial charge on any atom is -0.303 e. The average molecular weight is 112 g/mol. The van der Waals surface area contributed by atoms with Crippen molar-refractivity contribution >= 4 is 5.91 Å². The number of hydrazine groups is 1. The van der Waals surface area contributed by atoms with E-state index in [4.69, 9.17) is 0 Å². The third-order valence-corrected chi connectivity index (χ3v) is 0.993. The number of carbonyl (C=O) groups excluding carboxylic acids is 1. The van der Waals surface area contributed by atoms with Gasteiger partial charge in [-0.3, -0.25) is 10.2 Å². The third kappa shape index (κ3) is 0.992. The molecule has 1 aliphatic heterocycles. The fourth-order valence-corrected chi connectivity index (χ4v) is 0.516. The summed E-state index contributed by atoms with van der Waals surface area (Å²) < 4.78 is 0. The van der Waals surface area contributed by atoms with Crippen LogP contribution in [0.15, 0.2) is 11.8 Å². The second-order valence-corrected chi connectivity index (χ2v) is 1.76. The van der Waals surface area contributed by atoms with Gasteiger partial charge >= 0.3 is 0 Å². The molecule has 0 aromatic carbocycles. The van der Waals surface area contributed by atoms with E-state index in [2.05, 4.69) is 10.9 Å². The Morgan fingerprint density at radius 1 is 1.62 bits per heavy atom. The number of hydrogen-bond donors (Lipinski definition) is 2. The molecule has 0 fully saturated rings. The standard InChI is InChI=1S/C5H8N2O/c1-4-2-3-5(8)7-6-4/h2,6H,3H2,1H3,(H,7,8). The Kier molecular flexibility index (Phi) is 1.20. The van der Waals surface area contributed by atoms with E-state index in [-0.39, 0.29) is 5.91 Å². The van der Waals surface area contributed by atoms with Crippen molar-refractivity contribution in [1.29, 1.82) is 0 Å². The maximum Gasteiger partial charge on any atom is 0.242 e. The lowest BCUT2D eigenvalue weighted by Crippen LogP contribution is -2.38. The summed E-state index contributed by atoms with van der Waals surface area (Å²) >= 11 is 0. The van der Waals surface area contributed by atoms with Crippen molar-refractivity contribution in [2.24, 2.45) is 0 Å². The van der Waals surface area contributed by atoms with Gasteiger partial charge in [0, 0.05) is 12.1 Å². The Hall–Kier alpha value is -0.990.